The van der Waals surface area contributed by atoms with Gasteiger partial charge in [0.05, 0.1) is 13.2 Å². The van der Waals surface area contributed by atoms with Crippen LogP contribution in [-0.4, -0.2) is 30.7 Å². The number of hydrogen-bond donors (Lipinski definition) is 0. The van der Waals surface area contributed by atoms with E-state index in [4.69, 9.17) is 9.47 Å². The van der Waals surface area contributed by atoms with Gasteiger partial charge in [0.25, 0.3) is 0 Å². The third-order valence-corrected chi connectivity index (χ3v) is 4.57. The molecular formula is C12H16O3S2. The number of carbonyl (C=O) groups excluding carboxylic acids is 1. The van der Waals surface area contributed by atoms with E-state index >= 15 is 0 Å². The van der Waals surface area contributed by atoms with E-state index in [0.29, 0.717) is 18.1 Å². The number of hydrogen-bond acceptors (Lipinski definition) is 5. The van der Waals surface area contributed by atoms with Gasteiger partial charge < -0.3 is 9.47 Å². The number of rotatable bonds is 5. The van der Waals surface area contributed by atoms with Crippen LogP contribution in [0.3, 0.4) is 0 Å². The molecule has 5 heteroatoms. The van der Waals surface area contributed by atoms with E-state index in [2.05, 4.69) is 6.92 Å². The summed E-state index contributed by atoms with van der Waals surface area (Å²) in [5, 5.41) is 0. The zero-order valence-corrected chi connectivity index (χ0v) is 11.5. The molecule has 0 saturated heterocycles. The number of carbonyl (C=O) groups is 1. The third kappa shape index (κ3) is 3.47. The zero-order chi connectivity index (χ0) is 12.1. The van der Waals surface area contributed by atoms with Gasteiger partial charge in [-0.3, -0.25) is 0 Å². The maximum atomic E-state index is 11.8. The fourth-order valence-electron chi connectivity index (χ4n) is 1.66. The maximum absolute atomic E-state index is 11.8. The molecule has 0 aliphatic carbocycles. The minimum Gasteiger partial charge on any atom is -0.461 e. The molecule has 0 aromatic carbocycles. The fourth-order valence-corrected chi connectivity index (χ4v) is 3.19. The highest BCUT2D eigenvalue weighted by molar-refractivity contribution is 7.99. The molecule has 0 unspecified atom stereocenters. The van der Waals surface area contributed by atoms with Crippen LogP contribution in [0.5, 0.6) is 0 Å². The smallest absolute Gasteiger partial charge is 0.348 e. The minimum atomic E-state index is -0.193. The molecule has 0 N–H and O–H groups in total. The van der Waals surface area contributed by atoms with Crippen LogP contribution in [0.4, 0.5) is 0 Å². The average molecular weight is 272 g/mol. The Balaban J connectivity index is 1.88. The van der Waals surface area contributed by atoms with Gasteiger partial charge in [-0.15, -0.1) is 11.3 Å². The van der Waals surface area contributed by atoms with Crippen molar-refractivity contribution in [3.8, 4) is 0 Å². The Morgan fingerprint density at radius 1 is 1.65 bits per heavy atom. The summed E-state index contributed by atoms with van der Waals surface area (Å²) in [6.45, 7) is 3.98. The lowest BCUT2D eigenvalue weighted by molar-refractivity contribution is 0.0536. The maximum Gasteiger partial charge on any atom is 0.348 e. The van der Waals surface area contributed by atoms with Crippen molar-refractivity contribution >= 4 is 29.1 Å². The van der Waals surface area contributed by atoms with Gasteiger partial charge in [-0.25, -0.2) is 4.79 Å². The second-order valence-corrected chi connectivity index (χ2v) is 6.23. The molecule has 0 bridgehead atoms. The molecule has 0 spiro atoms. The molecule has 0 saturated carbocycles. The van der Waals surface area contributed by atoms with Crippen molar-refractivity contribution in [1.29, 1.82) is 0 Å². The van der Waals surface area contributed by atoms with E-state index in [-0.39, 0.29) is 5.97 Å². The van der Waals surface area contributed by atoms with E-state index in [9.17, 15) is 4.79 Å². The molecule has 3 nitrogen and oxygen atoms in total. The van der Waals surface area contributed by atoms with Crippen molar-refractivity contribution in [2.24, 2.45) is 0 Å². The van der Waals surface area contributed by atoms with Gasteiger partial charge in [-0.1, -0.05) is 6.92 Å². The molecule has 1 aliphatic rings. The van der Waals surface area contributed by atoms with Crippen molar-refractivity contribution in [2.45, 2.75) is 20.0 Å². The third-order valence-electron chi connectivity index (χ3n) is 2.49. The highest BCUT2D eigenvalue weighted by Gasteiger charge is 2.18. The van der Waals surface area contributed by atoms with E-state index in [0.717, 1.165) is 30.1 Å². The lowest BCUT2D eigenvalue weighted by atomic mass is 10.2. The Hall–Kier alpha value is -0.520. The number of ether oxygens (including phenoxy) is 2. The monoisotopic (exact) mass is 272 g/mol. The Kier molecular flexibility index (Phi) is 4.88. The molecule has 1 aliphatic heterocycles. The normalized spacial score (nSPS) is 14.4. The lowest BCUT2D eigenvalue weighted by Gasteiger charge is -2.10. The van der Waals surface area contributed by atoms with Crippen LogP contribution in [0.15, 0.2) is 6.07 Å². The first-order valence-electron chi connectivity index (χ1n) is 5.75. The van der Waals surface area contributed by atoms with Gasteiger partial charge >= 0.3 is 5.97 Å². The Bertz CT molecular complexity index is 364. The van der Waals surface area contributed by atoms with Gasteiger partial charge in [0.2, 0.25) is 0 Å². The topological polar surface area (TPSA) is 35.5 Å². The molecule has 1 aromatic heterocycles. The summed E-state index contributed by atoms with van der Waals surface area (Å²) in [6.07, 6.45) is 0.916. The predicted octanol–water partition coefficient (Wildman–Crippen LogP) is 2.73. The first-order chi connectivity index (χ1) is 8.31. The summed E-state index contributed by atoms with van der Waals surface area (Å²) >= 11 is 3.32. The lowest BCUT2D eigenvalue weighted by Crippen LogP contribution is -2.06. The Morgan fingerprint density at radius 3 is 3.29 bits per heavy atom. The number of thiophene rings is 1. The molecule has 1 aromatic rings. The molecule has 2 rings (SSSR count). The summed E-state index contributed by atoms with van der Waals surface area (Å²) in [6, 6.07) is 1.91. The molecule has 0 atom stereocenters. The Morgan fingerprint density at radius 2 is 2.53 bits per heavy atom. The van der Waals surface area contributed by atoms with Gasteiger partial charge in [-0.05, 0) is 17.4 Å². The van der Waals surface area contributed by atoms with Crippen molar-refractivity contribution < 1.29 is 14.3 Å². The first kappa shape index (κ1) is 12.9. The minimum absolute atomic E-state index is 0.193. The first-order valence-corrected chi connectivity index (χ1v) is 7.72. The van der Waals surface area contributed by atoms with E-state index in [1.54, 1.807) is 23.1 Å². The van der Waals surface area contributed by atoms with Gasteiger partial charge in [0.15, 0.2) is 0 Å². The predicted molar refractivity (Wildman–Crippen MR) is 71.0 cm³/mol. The molecule has 17 heavy (non-hydrogen) atoms. The molecule has 0 amide bonds. The van der Waals surface area contributed by atoms with Gasteiger partial charge in [-0.2, -0.15) is 11.8 Å². The quantitative estimate of drug-likeness (QED) is 0.610. The zero-order valence-electron chi connectivity index (χ0n) is 9.86. The highest BCUT2D eigenvalue weighted by atomic mass is 32.2. The summed E-state index contributed by atoms with van der Waals surface area (Å²) in [5.41, 5.74) is 1.15. The molecular weight excluding hydrogens is 256 g/mol. The van der Waals surface area contributed by atoms with Crippen LogP contribution in [-0.2, 0) is 22.5 Å². The number of esters is 1. The average Bonchev–Trinajstić information content (AvgIpc) is 2.78. The summed E-state index contributed by atoms with van der Waals surface area (Å²) in [5.74, 6) is 1.74. The largest absolute Gasteiger partial charge is 0.461 e. The van der Waals surface area contributed by atoms with Crippen LogP contribution < -0.4 is 0 Å². The van der Waals surface area contributed by atoms with Gasteiger partial charge in [0.1, 0.15) is 11.5 Å². The van der Waals surface area contributed by atoms with Crippen LogP contribution in [0, 0.1) is 0 Å². The second kappa shape index (κ2) is 6.42. The van der Waals surface area contributed by atoms with Crippen molar-refractivity contribution in [1.82, 2.24) is 0 Å². The van der Waals surface area contributed by atoms with Crippen molar-refractivity contribution in [3.05, 3.63) is 21.4 Å². The van der Waals surface area contributed by atoms with Crippen LogP contribution in [0.2, 0.25) is 0 Å². The second-order valence-electron chi connectivity index (χ2n) is 3.69. The summed E-state index contributed by atoms with van der Waals surface area (Å²) in [4.78, 5) is 13.7. The van der Waals surface area contributed by atoms with Crippen LogP contribution >= 0.6 is 23.1 Å². The van der Waals surface area contributed by atoms with E-state index in [1.165, 1.54) is 4.88 Å². The van der Waals surface area contributed by atoms with Crippen LogP contribution in [0.25, 0.3) is 0 Å². The summed E-state index contributed by atoms with van der Waals surface area (Å²) in [7, 11) is 0. The van der Waals surface area contributed by atoms with E-state index in [1.807, 2.05) is 6.07 Å². The van der Waals surface area contributed by atoms with E-state index < -0.39 is 0 Å². The SMILES string of the molecule is CCSCCOC(=O)c1cc2c(s1)CCOC2. The van der Waals surface area contributed by atoms with Crippen LogP contribution in [0.1, 0.15) is 27.0 Å². The molecule has 0 fully saturated rings. The Labute approximate surface area is 109 Å². The molecule has 94 valence electrons. The fraction of sp³-hybridized carbons (Fsp3) is 0.583. The molecule has 0 radical (unpaired) electrons. The van der Waals surface area contributed by atoms with Crippen molar-refractivity contribution in [3.63, 3.8) is 0 Å². The van der Waals surface area contributed by atoms with Gasteiger partial charge in [0, 0.05) is 17.1 Å². The molecule has 2 heterocycles. The number of fused-ring (bicyclic) bond motifs is 1. The highest BCUT2D eigenvalue weighted by Crippen LogP contribution is 2.27. The standard InChI is InChI=1S/C12H16O3S2/c1-2-16-6-5-15-12(13)11-7-9-8-14-4-3-10(9)17-11/h7H,2-6,8H2,1H3. The van der Waals surface area contributed by atoms with Crippen molar-refractivity contribution in [2.75, 3.05) is 24.7 Å². The summed E-state index contributed by atoms with van der Waals surface area (Å²) < 4.78 is 10.6. The number of thioether (sulfide) groups is 1.